The highest BCUT2D eigenvalue weighted by atomic mass is 15.0. The van der Waals surface area contributed by atoms with Crippen molar-refractivity contribution in [1.82, 2.24) is 0 Å². The number of hydrogen-bond donors (Lipinski definition) is 0. The maximum absolute atomic E-state index is 2.43. The van der Waals surface area contributed by atoms with Crippen LogP contribution in [0.3, 0.4) is 0 Å². The van der Waals surface area contributed by atoms with E-state index in [4.69, 9.17) is 0 Å². The van der Waals surface area contributed by atoms with Gasteiger partial charge in [-0.1, -0.05) is 30.3 Å². The van der Waals surface area contributed by atoms with Crippen LogP contribution in [0.4, 0.5) is 0 Å². The van der Waals surface area contributed by atoms with Gasteiger partial charge in [-0.3, -0.25) is 0 Å². The fourth-order valence-corrected chi connectivity index (χ4v) is 3.74. The summed E-state index contributed by atoms with van der Waals surface area (Å²) >= 11 is 0. The molecule has 2 aromatic carbocycles. The Bertz CT molecular complexity index is 842. The van der Waals surface area contributed by atoms with Gasteiger partial charge in [0.1, 0.15) is 0 Å². The van der Waals surface area contributed by atoms with E-state index in [1.54, 1.807) is 0 Å². The van der Waals surface area contributed by atoms with Crippen LogP contribution in [0.25, 0.3) is 22.4 Å². The molecular formula is C19H14N+. The first kappa shape index (κ1) is 10.4. The summed E-state index contributed by atoms with van der Waals surface area (Å²) in [6, 6.07) is 22.7. The molecule has 0 spiro atoms. The number of pyridine rings is 1. The largest absolute Gasteiger partial charge is 0.213 e. The summed E-state index contributed by atoms with van der Waals surface area (Å²) in [5, 5.41) is 0. The second-order valence-corrected chi connectivity index (χ2v) is 5.67. The van der Waals surface area contributed by atoms with E-state index in [-0.39, 0.29) is 0 Å². The summed E-state index contributed by atoms with van der Waals surface area (Å²) in [5.74, 6) is 0. The van der Waals surface area contributed by atoms with Crippen molar-refractivity contribution < 1.29 is 4.57 Å². The van der Waals surface area contributed by atoms with Gasteiger partial charge in [0.15, 0.2) is 12.2 Å². The van der Waals surface area contributed by atoms with Crippen molar-refractivity contribution in [2.45, 2.75) is 12.5 Å². The average molecular weight is 256 g/mol. The first-order valence-electron chi connectivity index (χ1n) is 7.14. The van der Waals surface area contributed by atoms with Crippen molar-refractivity contribution in [2.24, 2.45) is 0 Å². The SMILES string of the molecule is c1ccc2c(c1)CC1c3cc-2ccc3-c2cccc[n+]21. The van der Waals surface area contributed by atoms with Gasteiger partial charge < -0.3 is 0 Å². The summed E-state index contributed by atoms with van der Waals surface area (Å²) in [6.45, 7) is 0. The van der Waals surface area contributed by atoms with E-state index in [9.17, 15) is 0 Å². The number of hydrogen-bond acceptors (Lipinski definition) is 0. The summed E-state index contributed by atoms with van der Waals surface area (Å²) < 4.78 is 2.43. The summed E-state index contributed by atoms with van der Waals surface area (Å²) in [7, 11) is 0. The molecule has 0 amide bonds. The molecule has 0 radical (unpaired) electrons. The normalized spacial score (nSPS) is 17.3. The van der Waals surface area contributed by atoms with E-state index in [0.29, 0.717) is 6.04 Å². The maximum Gasteiger partial charge on any atom is 0.213 e. The first-order chi connectivity index (χ1) is 9.92. The zero-order valence-electron chi connectivity index (χ0n) is 11.1. The molecule has 0 saturated carbocycles. The van der Waals surface area contributed by atoms with Crippen LogP contribution in [0.1, 0.15) is 17.2 Å². The fourth-order valence-electron chi connectivity index (χ4n) is 3.74. The van der Waals surface area contributed by atoms with Crippen molar-refractivity contribution >= 4 is 0 Å². The van der Waals surface area contributed by atoms with Gasteiger partial charge in [0.2, 0.25) is 5.69 Å². The lowest BCUT2D eigenvalue weighted by molar-refractivity contribution is -0.697. The third-order valence-electron chi connectivity index (χ3n) is 4.65. The van der Waals surface area contributed by atoms with Crippen molar-refractivity contribution in [3.8, 4) is 22.4 Å². The van der Waals surface area contributed by atoms with Crippen molar-refractivity contribution in [3.05, 3.63) is 78.0 Å². The van der Waals surface area contributed by atoms with E-state index in [1.807, 2.05) is 0 Å². The highest BCUT2D eigenvalue weighted by Crippen LogP contribution is 2.41. The van der Waals surface area contributed by atoms with Crippen molar-refractivity contribution in [3.63, 3.8) is 0 Å². The van der Waals surface area contributed by atoms with Crippen LogP contribution < -0.4 is 4.57 Å². The monoisotopic (exact) mass is 256 g/mol. The molecule has 2 aliphatic rings. The van der Waals surface area contributed by atoms with Crippen LogP contribution in [0.15, 0.2) is 66.9 Å². The van der Waals surface area contributed by atoms with Gasteiger partial charge >= 0.3 is 0 Å². The lowest BCUT2D eigenvalue weighted by Crippen LogP contribution is -2.38. The lowest BCUT2D eigenvalue weighted by Gasteiger charge is -2.08. The minimum absolute atomic E-state index is 0.449. The van der Waals surface area contributed by atoms with E-state index >= 15 is 0 Å². The smallest absolute Gasteiger partial charge is 0.191 e. The molecule has 1 aromatic heterocycles. The Labute approximate surface area is 118 Å². The summed E-state index contributed by atoms with van der Waals surface area (Å²) in [4.78, 5) is 0. The van der Waals surface area contributed by atoms with Gasteiger partial charge in [0.05, 0.1) is 5.56 Å². The summed E-state index contributed by atoms with van der Waals surface area (Å²) in [6.07, 6.45) is 3.30. The minimum atomic E-state index is 0.449. The molecule has 1 unspecified atom stereocenters. The van der Waals surface area contributed by atoms with Crippen LogP contribution >= 0.6 is 0 Å². The first-order valence-corrected chi connectivity index (χ1v) is 7.14. The molecule has 2 bridgehead atoms. The standard InChI is InChI=1S/C19H14N/c1-2-6-15-13(5-1)12-19-17-11-14(15)8-9-16(17)18-7-3-4-10-20(18)19/h1-11,19H,12H2/q+1. The molecule has 94 valence electrons. The number of rotatable bonds is 0. The third-order valence-corrected chi connectivity index (χ3v) is 4.65. The van der Waals surface area contributed by atoms with Crippen LogP contribution in [0, 0.1) is 0 Å². The van der Waals surface area contributed by atoms with Gasteiger partial charge in [-0.2, -0.15) is 4.57 Å². The van der Waals surface area contributed by atoms with Crippen molar-refractivity contribution in [2.75, 3.05) is 0 Å². The quantitative estimate of drug-likeness (QED) is 0.539. The Morgan fingerprint density at radius 1 is 0.850 bits per heavy atom. The molecular weight excluding hydrogens is 242 g/mol. The van der Waals surface area contributed by atoms with E-state index in [1.165, 1.54) is 33.5 Å². The molecule has 1 heteroatoms. The maximum atomic E-state index is 2.43. The second kappa shape index (κ2) is 3.57. The molecule has 1 aliphatic heterocycles. The van der Waals surface area contributed by atoms with E-state index < -0.39 is 0 Å². The topological polar surface area (TPSA) is 3.88 Å². The van der Waals surface area contributed by atoms with Gasteiger partial charge in [0.25, 0.3) is 0 Å². The van der Waals surface area contributed by atoms with E-state index in [2.05, 4.69) is 71.4 Å². The third kappa shape index (κ3) is 1.20. The molecule has 1 atom stereocenters. The number of benzene rings is 2. The van der Waals surface area contributed by atoms with Gasteiger partial charge in [-0.05, 0) is 34.9 Å². The minimum Gasteiger partial charge on any atom is -0.191 e. The predicted molar refractivity (Wildman–Crippen MR) is 79.4 cm³/mol. The van der Waals surface area contributed by atoms with E-state index in [0.717, 1.165) is 6.42 Å². The summed E-state index contributed by atoms with van der Waals surface area (Å²) in [5.41, 5.74) is 8.42. The van der Waals surface area contributed by atoms with Crippen LogP contribution in [0.2, 0.25) is 0 Å². The number of aromatic nitrogens is 1. The zero-order chi connectivity index (χ0) is 13.1. The van der Waals surface area contributed by atoms with Crippen molar-refractivity contribution in [1.29, 1.82) is 0 Å². The molecule has 20 heavy (non-hydrogen) atoms. The molecule has 5 rings (SSSR count). The Hall–Kier alpha value is -2.41. The average Bonchev–Trinajstić information content (AvgIpc) is 2.75. The zero-order valence-corrected chi connectivity index (χ0v) is 11.1. The Kier molecular flexibility index (Phi) is 1.86. The molecule has 0 saturated heterocycles. The Morgan fingerprint density at radius 3 is 2.75 bits per heavy atom. The predicted octanol–water partition coefficient (Wildman–Crippen LogP) is 3.77. The van der Waals surface area contributed by atoms with Crippen LogP contribution in [-0.4, -0.2) is 0 Å². The number of fused-ring (bicyclic) bond motifs is 6. The molecule has 0 fully saturated rings. The lowest BCUT2D eigenvalue weighted by atomic mass is 9.99. The molecule has 1 aliphatic carbocycles. The molecule has 2 heterocycles. The number of nitrogens with zero attached hydrogens (tertiary/aromatic N) is 1. The van der Waals surface area contributed by atoms with Gasteiger partial charge in [-0.15, -0.1) is 0 Å². The Morgan fingerprint density at radius 2 is 1.75 bits per heavy atom. The fraction of sp³-hybridized carbons (Fsp3) is 0.105. The van der Waals surface area contributed by atoms with Crippen LogP contribution in [0.5, 0.6) is 0 Å². The molecule has 3 aromatic rings. The van der Waals surface area contributed by atoms with Gasteiger partial charge in [-0.25, -0.2) is 0 Å². The van der Waals surface area contributed by atoms with Gasteiger partial charge in [0, 0.05) is 24.1 Å². The molecule has 0 N–H and O–H groups in total. The highest BCUT2D eigenvalue weighted by molar-refractivity contribution is 5.76. The molecule has 1 nitrogen and oxygen atoms in total. The Balaban J connectivity index is 1.87. The van der Waals surface area contributed by atoms with Crippen LogP contribution in [-0.2, 0) is 6.42 Å². The second-order valence-electron chi connectivity index (χ2n) is 5.67. The highest BCUT2D eigenvalue weighted by Gasteiger charge is 2.38.